The lowest BCUT2D eigenvalue weighted by atomic mass is 9.97. The van der Waals surface area contributed by atoms with Crippen LogP contribution in [0.1, 0.15) is 24.0 Å². The van der Waals surface area contributed by atoms with Crippen molar-refractivity contribution in [2.45, 2.75) is 26.3 Å². The zero-order valence-electron chi connectivity index (χ0n) is 10.2. The van der Waals surface area contributed by atoms with Crippen molar-refractivity contribution in [2.75, 3.05) is 19.6 Å². The quantitative estimate of drug-likeness (QED) is 0.842. The van der Waals surface area contributed by atoms with Crippen molar-refractivity contribution >= 4 is 0 Å². The Kier molecular flexibility index (Phi) is 3.97. The van der Waals surface area contributed by atoms with Gasteiger partial charge in [0.05, 0.1) is 0 Å². The fraction of sp³-hybridized carbons (Fsp3) is 0.571. The van der Waals surface area contributed by atoms with Crippen LogP contribution in [0.15, 0.2) is 24.3 Å². The van der Waals surface area contributed by atoms with Crippen LogP contribution >= 0.6 is 0 Å². The van der Waals surface area contributed by atoms with Gasteiger partial charge in [0.25, 0.3) is 0 Å². The van der Waals surface area contributed by atoms with Crippen LogP contribution in [0.25, 0.3) is 0 Å². The first kappa shape index (κ1) is 11.6. The molecule has 2 N–H and O–H groups in total. The maximum Gasteiger partial charge on any atom is 0.0236 e. The van der Waals surface area contributed by atoms with Gasteiger partial charge in [-0.3, -0.25) is 4.90 Å². The molecule has 1 aromatic carbocycles. The van der Waals surface area contributed by atoms with Gasteiger partial charge in [-0.15, -0.1) is 0 Å². The zero-order chi connectivity index (χ0) is 11.4. The molecule has 1 heterocycles. The Labute approximate surface area is 98.4 Å². The van der Waals surface area contributed by atoms with E-state index in [1.54, 1.807) is 0 Å². The summed E-state index contributed by atoms with van der Waals surface area (Å²) in [6.07, 6.45) is 2.61. The molecule has 0 spiro atoms. The van der Waals surface area contributed by atoms with E-state index in [2.05, 4.69) is 36.1 Å². The maximum atomic E-state index is 5.76. The molecule has 1 aromatic rings. The Bertz CT molecular complexity index is 335. The van der Waals surface area contributed by atoms with Crippen LogP contribution in [-0.4, -0.2) is 24.5 Å². The third-order valence-electron chi connectivity index (χ3n) is 3.59. The fourth-order valence-electron chi connectivity index (χ4n) is 2.52. The minimum absolute atomic E-state index is 0.706. The lowest BCUT2D eigenvalue weighted by Gasteiger charge is -2.32. The van der Waals surface area contributed by atoms with Crippen LogP contribution in [-0.2, 0) is 6.54 Å². The molecule has 1 saturated heterocycles. The number of rotatable bonds is 3. The van der Waals surface area contributed by atoms with Crippen LogP contribution in [0.4, 0.5) is 0 Å². The minimum atomic E-state index is 0.706. The van der Waals surface area contributed by atoms with Gasteiger partial charge in [0, 0.05) is 13.1 Å². The summed E-state index contributed by atoms with van der Waals surface area (Å²) in [5.41, 5.74) is 8.62. The summed E-state index contributed by atoms with van der Waals surface area (Å²) in [4.78, 5) is 2.54. The average Bonchev–Trinajstić information content (AvgIpc) is 2.32. The molecule has 88 valence electrons. The molecule has 1 fully saturated rings. The summed E-state index contributed by atoms with van der Waals surface area (Å²) in [7, 11) is 0. The van der Waals surface area contributed by atoms with Gasteiger partial charge in [0.1, 0.15) is 0 Å². The summed E-state index contributed by atoms with van der Waals surface area (Å²) >= 11 is 0. The molecule has 2 rings (SSSR count). The third kappa shape index (κ3) is 2.83. The Morgan fingerprint density at radius 2 is 2.19 bits per heavy atom. The van der Waals surface area contributed by atoms with Crippen molar-refractivity contribution < 1.29 is 0 Å². The first-order valence-electron chi connectivity index (χ1n) is 6.26. The van der Waals surface area contributed by atoms with Crippen LogP contribution in [0, 0.1) is 12.8 Å². The van der Waals surface area contributed by atoms with Gasteiger partial charge in [-0.2, -0.15) is 0 Å². The van der Waals surface area contributed by atoms with Gasteiger partial charge >= 0.3 is 0 Å². The highest BCUT2D eigenvalue weighted by atomic mass is 15.1. The van der Waals surface area contributed by atoms with Crippen molar-refractivity contribution in [3.05, 3.63) is 35.4 Å². The van der Waals surface area contributed by atoms with E-state index in [1.807, 2.05) is 0 Å². The second-order valence-electron chi connectivity index (χ2n) is 4.91. The summed E-state index contributed by atoms with van der Waals surface area (Å²) in [6, 6.07) is 8.67. The van der Waals surface area contributed by atoms with Gasteiger partial charge in [0.15, 0.2) is 0 Å². The number of nitrogens with zero attached hydrogens (tertiary/aromatic N) is 1. The highest BCUT2D eigenvalue weighted by Gasteiger charge is 2.18. The van der Waals surface area contributed by atoms with E-state index in [1.165, 1.54) is 37.1 Å². The number of piperidine rings is 1. The second-order valence-corrected chi connectivity index (χ2v) is 4.91. The van der Waals surface area contributed by atoms with Gasteiger partial charge < -0.3 is 5.73 Å². The number of aryl methyl sites for hydroxylation is 1. The highest BCUT2D eigenvalue weighted by Crippen LogP contribution is 2.18. The van der Waals surface area contributed by atoms with E-state index in [4.69, 9.17) is 5.73 Å². The fourth-order valence-corrected chi connectivity index (χ4v) is 2.52. The van der Waals surface area contributed by atoms with Crippen molar-refractivity contribution in [1.82, 2.24) is 4.90 Å². The lowest BCUT2D eigenvalue weighted by molar-refractivity contribution is 0.171. The third-order valence-corrected chi connectivity index (χ3v) is 3.59. The molecule has 1 atom stereocenters. The van der Waals surface area contributed by atoms with Crippen molar-refractivity contribution in [3.63, 3.8) is 0 Å². The topological polar surface area (TPSA) is 29.3 Å². The number of benzene rings is 1. The van der Waals surface area contributed by atoms with E-state index in [-0.39, 0.29) is 0 Å². The standard InChI is InChI=1S/C14H22N2/c1-12-5-2-3-7-14(12)11-16-8-4-6-13(9-15)10-16/h2-3,5,7,13H,4,6,8-11,15H2,1H3/t13-/m1/s1. The smallest absolute Gasteiger partial charge is 0.0236 e. The maximum absolute atomic E-state index is 5.76. The summed E-state index contributed by atoms with van der Waals surface area (Å²) in [5.74, 6) is 0.706. The van der Waals surface area contributed by atoms with Crippen LogP contribution in [0.2, 0.25) is 0 Å². The number of nitrogens with two attached hydrogens (primary N) is 1. The molecule has 0 amide bonds. The van der Waals surface area contributed by atoms with Gasteiger partial charge in [-0.05, 0) is 49.9 Å². The van der Waals surface area contributed by atoms with Crippen LogP contribution in [0.5, 0.6) is 0 Å². The zero-order valence-corrected chi connectivity index (χ0v) is 10.2. The molecule has 1 aliphatic heterocycles. The van der Waals surface area contributed by atoms with Crippen molar-refractivity contribution in [3.8, 4) is 0 Å². The molecule has 1 aliphatic rings. The molecule has 0 saturated carbocycles. The molecule has 0 aromatic heterocycles. The average molecular weight is 218 g/mol. The molecule has 0 unspecified atom stereocenters. The number of hydrogen-bond acceptors (Lipinski definition) is 2. The molecular weight excluding hydrogens is 196 g/mol. The Morgan fingerprint density at radius 3 is 2.94 bits per heavy atom. The molecule has 2 nitrogen and oxygen atoms in total. The van der Waals surface area contributed by atoms with Gasteiger partial charge in [0.2, 0.25) is 0 Å². The molecular formula is C14H22N2. The molecule has 0 aliphatic carbocycles. The number of hydrogen-bond donors (Lipinski definition) is 1. The SMILES string of the molecule is Cc1ccccc1CN1CCC[C@H](CN)C1. The highest BCUT2D eigenvalue weighted by molar-refractivity contribution is 5.25. The first-order chi connectivity index (χ1) is 7.79. The molecule has 0 radical (unpaired) electrons. The van der Waals surface area contributed by atoms with E-state index in [0.717, 1.165) is 13.1 Å². The summed E-state index contributed by atoms with van der Waals surface area (Å²) in [6.45, 7) is 6.52. The first-order valence-corrected chi connectivity index (χ1v) is 6.26. The minimum Gasteiger partial charge on any atom is -0.330 e. The Balaban J connectivity index is 1.97. The van der Waals surface area contributed by atoms with Crippen LogP contribution in [0.3, 0.4) is 0 Å². The van der Waals surface area contributed by atoms with Gasteiger partial charge in [-0.25, -0.2) is 0 Å². The van der Waals surface area contributed by atoms with Crippen molar-refractivity contribution in [2.24, 2.45) is 11.7 Å². The lowest BCUT2D eigenvalue weighted by Crippen LogP contribution is -2.37. The van der Waals surface area contributed by atoms with E-state index >= 15 is 0 Å². The Morgan fingerprint density at radius 1 is 1.38 bits per heavy atom. The van der Waals surface area contributed by atoms with Crippen LogP contribution < -0.4 is 5.73 Å². The van der Waals surface area contributed by atoms with E-state index < -0.39 is 0 Å². The van der Waals surface area contributed by atoms with E-state index in [9.17, 15) is 0 Å². The summed E-state index contributed by atoms with van der Waals surface area (Å²) in [5, 5.41) is 0. The number of likely N-dealkylation sites (tertiary alicyclic amines) is 1. The summed E-state index contributed by atoms with van der Waals surface area (Å²) < 4.78 is 0. The predicted octanol–water partition coefficient (Wildman–Crippen LogP) is 2.17. The largest absolute Gasteiger partial charge is 0.330 e. The Hall–Kier alpha value is -0.860. The van der Waals surface area contributed by atoms with Crippen molar-refractivity contribution in [1.29, 1.82) is 0 Å². The molecule has 0 bridgehead atoms. The monoisotopic (exact) mass is 218 g/mol. The predicted molar refractivity (Wildman–Crippen MR) is 68.2 cm³/mol. The van der Waals surface area contributed by atoms with Gasteiger partial charge in [-0.1, -0.05) is 24.3 Å². The molecule has 16 heavy (non-hydrogen) atoms. The second kappa shape index (κ2) is 5.46. The van der Waals surface area contributed by atoms with E-state index in [0.29, 0.717) is 5.92 Å². The normalized spacial score (nSPS) is 22.2. The molecule has 2 heteroatoms.